The predicted molar refractivity (Wildman–Crippen MR) is 103 cm³/mol. The van der Waals surface area contributed by atoms with E-state index in [1.54, 1.807) is 18.4 Å². The highest BCUT2D eigenvalue weighted by molar-refractivity contribution is 7.84. The van der Waals surface area contributed by atoms with Gasteiger partial charge in [0, 0.05) is 54.2 Å². The average molecular weight is 365 g/mol. The van der Waals surface area contributed by atoms with Gasteiger partial charge in [-0.2, -0.15) is 0 Å². The van der Waals surface area contributed by atoms with Crippen molar-refractivity contribution in [2.24, 2.45) is 4.99 Å². The molecule has 2 N–H and O–H groups in total. The minimum absolute atomic E-state index is 0.595. The second-order valence-corrected chi connectivity index (χ2v) is 7.95. The smallest absolute Gasteiger partial charge is 0.191 e. The van der Waals surface area contributed by atoms with Gasteiger partial charge in [0.1, 0.15) is 0 Å². The van der Waals surface area contributed by atoms with E-state index in [0.29, 0.717) is 18.1 Å². The molecule has 0 aliphatic carbocycles. The Balaban J connectivity index is 1.63. The summed E-state index contributed by atoms with van der Waals surface area (Å²) < 4.78 is 12.1. The summed E-state index contributed by atoms with van der Waals surface area (Å²) in [6, 6.07) is 9.93. The molecule has 1 unspecified atom stereocenters. The fourth-order valence-electron chi connectivity index (χ4n) is 2.17. The van der Waals surface area contributed by atoms with Gasteiger partial charge in [-0.05, 0) is 12.5 Å². The zero-order valence-corrected chi connectivity index (χ0v) is 15.8. The summed E-state index contributed by atoms with van der Waals surface area (Å²) in [7, 11) is 0.863. The van der Waals surface area contributed by atoms with Gasteiger partial charge in [0.2, 0.25) is 0 Å². The fraction of sp³-hybridized carbons (Fsp3) is 0.412. The van der Waals surface area contributed by atoms with E-state index >= 15 is 0 Å². The van der Waals surface area contributed by atoms with E-state index in [9.17, 15) is 4.21 Å². The average Bonchev–Trinajstić information content (AvgIpc) is 2.99. The number of hydrogen-bond acceptors (Lipinski definition) is 4. The third kappa shape index (κ3) is 6.80. The van der Waals surface area contributed by atoms with Crippen LogP contribution in [0.1, 0.15) is 16.3 Å². The number of nitrogens with zero attached hydrogens (tertiary/aromatic N) is 2. The topological polar surface area (TPSA) is 66.4 Å². The first-order chi connectivity index (χ1) is 11.7. The van der Waals surface area contributed by atoms with Crippen molar-refractivity contribution in [2.45, 2.75) is 19.1 Å². The van der Waals surface area contributed by atoms with Crippen LogP contribution in [0, 0.1) is 6.92 Å². The predicted octanol–water partition coefficient (Wildman–Crippen LogP) is 2.11. The van der Waals surface area contributed by atoms with Crippen molar-refractivity contribution in [3.05, 3.63) is 52.0 Å². The van der Waals surface area contributed by atoms with Crippen molar-refractivity contribution < 1.29 is 4.21 Å². The molecule has 2 rings (SSSR count). The third-order valence-electron chi connectivity index (χ3n) is 3.36. The minimum Gasteiger partial charge on any atom is -0.356 e. The highest BCUT2D eigenvalue weighted by Crippen LogP contribution is 2.07. The highest BCUT2D eigenvalue weighted by atomic mass is 32.2. The van der Waals surface area contributed by atoms with E-state index in [4.69, 9.17) is 0 Å². The van der Waals surface area contributed by atoms with E-state index in [1.165, 1.54) is 0 Å². The van der Waals surface area contributed by atoms with Crippen molar-refractivity contribution in [3.8, 4) is 0 Å². The van der Waals surface area contributed by atoms with Gasteiger partial charge in [-0.15, -0.1) is 11.3 Å². The summed E-state index contributed by atoms with van der Waals surface area (Å²) in [6.07, 6.45) is 0.866. The Morgan fingerprint density at radius 3 is 2.67 bits per heavy atom. The molecule has 0 aliphatic rings. The number of aliphatic imine (C=N–C) groups is 1. The summed E-state index contributed by atoms with van der Waals surface area (Å²) in [6.45, 7) is 3.42. The Kier molecular flexibility index (Phi) is 7.91. The first-order valence-corrected chi connectivity index (χ1v) is 10.3. The Labute approximate surface area is 150 Å². The van der Waals surface area contributed by atoms with Crippen LogP contribution in [-0.4, -0.2) is 41.0 Å². The van der Waals surface area contributed by atoms with E-state index in [1.807, 2.05) is 37.3 Å². The van der Waals surface area contributed by atoms with Crippen molar-refractivity contribution in [2.75, 3.05) is 25.9 Å². The number of hydrogen-bond donors (Lipinski definition) is 2. The summed E-state index contributed by atoms with van der Waals surface area (Å²) >= 11 is 1.67. The van der Waals surface area contributed by atoms with Crippen LogP contribution < -0.4 is 10.6 Å². The maximum Gasteiger partial charge on any atom is 0.191 e. The number of benzene rings is 1. The molecule has 0 radical (unpaired) electrons. The van der Waals surface area contributed by atoms with Gasteiger partial charge in [-0.1, -0.05) is 30.3 Å². The quantitative estimate of drug-likeness (QED) is 0.556. The van der Waals surface area contributed by atoms with Crippen molar-refractivity contribution in [1.82, 2.24) is 15.6 Å². The van der Waals surface area contributed by atoms with Crippen molar-refractivity contribution in [1.29, 1.82) is 0 Å². The zero-order valence-electron chi connectivity index (χ0n) is 14.1. The number of rotatable bonds is 8. The Hall–Kier alpha value is -1.73. The van der Waals surface area contributed by atoms with Gasteiger partial charge >= 0.3 is 0 Å². The Morgan fingerprint density at radius 2 is 2.00 bits per heavy atom. The first-order valence-electron chi connectivity index (χ1n) is 7.92. The molecule has 0 saturated carbocycles. The molecule has 130 valence electrons. The maximum atomic E-state index is 12.1. The lowest BCUT2D eigenvalue weighted by Gasteiger charge is -2.11. The van der Waals surface area contributed by atoms with Crippen LogP contribution in [0.5, 0.6) is 0 Å². The SMILES string of the molecule is CN=C(NCCc1csc(C)n1)NCCS(=O)Cc1ccccc1. The van der Waals surface area contributed by atoms with Crippen LogP contribution in [0.2, 0.25) is 0 Å². The van der Waals surface area contributed by atoms with Crippen LogP contribution in [0.15, 0.2) is 40.7 Å². The number of nitrogens with one attached hydrogen (secondary N) is 2. The van der Waals surface area contributed by atoms with Crippen LogP contribution in [-0.2, 0) is 23.0 Å². The van der Waals surface area contributed by atoms with E-state index in [2.05, 4.69) is 26.0 Å². The van der Waals surface area contributed by atoms with Gasteiger partial charge < -0.3 is 10.6 Å². The molecule has 0 aliphatic heterocycles. The molecule has 1 heterocycles. The monoisotopic (exact) mass is 364 g/mol. The van der Waals surface area contributed by atoms with Crippen LogP contribution >= 0.6 is 11.3 Å². The molecule has 5 nitrogen and oxygen atoms in total. The lowest BCUT2D eigenvalue weighted by Crippen LogP contribution is -2.40. The normalized spacial score (nSPS) is 12.8. The number of thiazole rings is 1. The number of guanidine groups is 1. The van der Waals surface area contributed by atoms with Crippen LogP contribution in [0.3, 0.4) is 0 Å². The third-order valence-corrected chi connectivity index (χ3v) is 5.49. The summed E-state index contributed by atoms with van der Waals surface area (Å²) in [4.78, 5) is 8.62. The molecular weight excluding hydrogens is 340 g/mol. The first kappa shape index (κ1) is 18.6. The van der Waals surface area contributed by atoms with Gasteiger partial charge in [0.15, 0.2) is 5.96 Å². The second-order valence-electron chi connectivity index (χ2n) is 5.31. The van der Waals surface area contributed by atoms with E-state index in [-0.39, 0.29) is 0 Å². The van der Waals surface area contributed by atoms with Crippen molar-refractivity contribution >= 4 is 28.1 Å². The molecule has 2 aromatic rings. The summed E-state index contributed by atoms with van der Waals surface area (Å²) in [5.41, 5.74) is 2.21. The molecule has 0 spiro atoms. The maximum absolute atomic E-state index is 12.1. The molecule has 0 amide bonds. The van der Waals surface area contributed by atoms with Crippen LogP contribution in [0.4, 0.5) is 0 Å². The lowest BCUT2D eigenvalue weighted by atomic mass is 10.2. The van der Waals surface area contributed by atoms with Gasteiger partial charge in [-0.3, -0.25) is 9.20 Å². The zero-order chi connectivity index (χ0) is 17.2. The fourth-order valence-corrected chi connectivity index (χ4v) is 3.85. The molecule has 0 fully saturated rings. The van der Waals surface area contributed by atoms with Crippen molar-refractivity contribution in [3.63, 3.8) is 0 Å². The Bertz CT molecular complexity index is 670. The molecular formula is C17H24N4OS2. The molecule has 7 heteroatoms. The summed E-state index contributed by atoms with van der Waals surface area (Å²) in [5.74, 6) is 1.93. The Morgan fingerprint density at radius 1 is 1.25 bits per heavy atom. The molecule has 0 saturated heterocycles. The molecule has 0 bridgehead atoms. The second kappa shape index (κ2) is 10.2. The largest absolute Gasteiger partial charge is 0.356 e. The number of aryl methyl sites for hydroxylation is 1. The van der Waals surface area contributed by atoms with E-state index in [0.717, 1.165) is 35.2 Å². The highest BCUT2D eigenvalue weighted by Gasteiger charge is 2.03. The molecule has 24 heavy (non-hydrogen) atoms. The molecule has 1 atom stereocenters. The molecule has 1 aromatic heterocycles. The van der Waals surface area contributed by atoms with Gasteiger partial charge in [0.05, 0.1) is 10.7 Å². The summed E-state index contributed by atoms with van der Waals surface area (Å²) in [5, 5.41) is 9.64. The standard InChI is InChI=1S/C17H24N4OS2/c1-14-21-16(12-23-14)8-9-19-17(18-2)20-10-11-24(22)13-15-6-4-3-5-7-15/h3-7,12H,8-11,13H2,1-2H3,(H2,18,19,20). The minimum atomic E-state index is -0.876. The van der Waals surface area contributed by atoms with Gasteiger partial charge in [0.25, 0.3) is 0 Å². The van der Waals surface area contributed by atoms with Gasteiger partial charge in [-0.25, -0.2) is 4.98 Å². The molecule has 1 aromatic carbocycles. The number of aromatic nitrogens is 1. The lowest BCUT2D eigenvalue weighted by molar-refractivity contribution is 0.680. The van der Waals surface area contributed by atoms with Crippen LogP contribution in [0.25, 0.3) is 0 Å². The van der Waals surface area contributed by atoms with E-state index < -0.39 is 10.8 Å².